The number of carbonyl (C=O) groups is 1. The van der Waals surface area contributed by atoms with Crippen molar-refractivity contribution in [1.29, 1.82) is 0 Å². The highest BCUT2D eigenvalue weighted by Crippen LogP contribution is 2.34. The smallest absolute Gasteiger partial charge is 0.238 e. The summed E-state index contributed by atoms with van der Waals surface area (Å²) in [6, 6.07) is 14.5. The standard InChI is InChI=1S/C19H19ClN2O3S/c20-16-7-5-14(6-8-16)13-26(24,25)21-11-18-17-4-2-1-3-15(17)9-10-22(18)19(23)12-21/h1-8,18H,9-13H2. The number of hydrogen-bond acceptors (Lipinski definition) is 3. The largest absolute Gasteiger partial charge is 0.333 e. The van der Waals surface area contributed by atoms with E-state index in [0.29, 0.717) is 23.7 Å². The molecule has 2 aromatic rings. The van der Waals surface area contributed by atoms with Crippen molar-refractivity contribution in [2.45, 2.75) is 18.2 Å². The Balaban J connectivity index is 1.60. The zero-order valence-electron chi connectivity index (χ0n) is 14.1. The van der Waals surface area contributed by atoms with Gasteiger partial charge in [-0.3, -0.25) is 4.79 Å². The highest BCUT2D eigenvalue weighted by atomic mass is 35.5. The molecule has 0 saturated carbocycles. The van der Waals surface area contributed by atoms with Crippen molar-refractivity contribution in [1.82, 2.24) is 9.21 Å². The van der Waals surface area contributed by atoms with Crippen molar-refractivity contribution in [3.8, 4) is 0 Å². The summed E-state index contributed by atoms with van der Waals surface area (Å²) < 4.78 is 27.1. The maximum Gasteiger partial charge on any atom is 0.238 e. The zero-order valence-corrected chi connectivity index (χ0v) is 15.7. The SMILES string of the molecule is O=C1CN(S(=O)(=O)Cc2ccc(Cl)cc2)CC2c3ccccc3CCN12. The van der Waals surface area contributed by atoms with Gasteiger partial charge in [-0.2, -0.15) is 4.31 Å². The molecule has 0 bridgehead atoms. The van der Waals surface area contributed by atoms with Gasteiger partial charge in [0.2, 0.25) is 15.9 Å². The Bertz CT molecular complexity index is 944. The van der Waals surface area contributed by atoms with Crippen molar-refractivity contribution in [2.75, 3.05) is 19.6 Å². The molecule has 2 aromatic carbocycles. The second-order valence-corrected chi connectivity index (χ2v) is 9.13. The molecule has 0 N–H and O–H groups in total. The lowest BCUT2D eigenvalue weighted by Gasteiger charge is -2.44. The Morgan fingerprint density at radius 3 is 2.58 bits per heavy atom. The second-order valence-electron chi connectivity index (χ2n) is 6.73. The molecule has 1 unspecified atom stereocenters. The summed E-state index contributed by atoms with van der Waals surface area (Å²) in [5.41, 5.74) is 2.91. The lowest BCUT2D eigenvalue weighted by Crippen LogP contribution is -2.55. The summed E-state index contributed by atoms with van der Waals surface area (Å²) in [5, 5.41) is 0.564. The minimum absolute atomic E-state index is 0.0887. The molecule has 26 heavy (non-hydrogen) atoms. The first-order chi connectivity index (χ1) is 12.4. The first-order valence-corrected chi connectivity index (χ1v) is 10.5. The summed E-state index contributed by atoms with van der Waals surface area (Å²) >= 11 is 5.86. The Labute approximate surface area is 158 Å². The molecule has 0 spiro atoms. The number of hydrogen-bond donors (Lipinski definition) is 0. The van der Waals surface area contributed by atoms with Crippen molar-refractivity contribution in [3.63, 3.8) is 0 Å². The number of rotatable bonds is 3. The van der Waals surface area contributed by atoms with Gasteiger partial charge < -0.3 is 4.90 Å². The van der Waals surface area contributed by atoms with Gasteiger partial charge in [0.05, 0.1) is 18.3 Å². The van der Waals surface area contributed by atoms with Crippen molar-refractivity contribution in [2.24, 2.45) is 0 Å². The van der Waals surface area contributed by atoms with E-state index in [1.165, 1.54) is 9.87 Å². The van der Waals surface area contributed by atoms with E-state index >= 15 is 0 Å². The number of fused-ring (bicyclic) bond motifs is 3. The summed E-state index contributed by atoms with van der Waals surface area (Å²) in [4.78, 5) is 14.4. The lowest BCUT2D eigenvalue weighted by molar-refractivity contribution is -0.138. The molecule has 2 aliphatic heterocycles. The van der Waals surface area contributed by atoms with E-state index in [1.54, 1.807) is 24.3 Å². The summed E-state index contributed by atoms with van der Waals surface area (Å²) in [5.74, 6) is -0.262. The third kappa shape index (κ3) is 3.24. The molecule has 1 fully saturated rings. The number of piperazine rings is 1. The summed E-state index contributed by atoms with van der Waals surface area (Å²) in [6.07, 6.45) is 0.815. The maximum absolute atomic E-state index is 12.9. The minimum atomic E-state index is -3.59. The van der Waals surface area contributed by atoms with Crippen LogP contribution in [0.4, 0.5) is 0 Å². The number of carbonyl (C=O) groups excluding carboxylic acids is 1. The van der Waals surface area contributed by atoms with Crippen molar-refractivity contribution >= 4 is 27.5 Å². The number of benzene rings is 2. The van der Waals surface area contributed by atoms with Crippen LogP contribution in [-0.4, -0.2) is 43.2 Å². The Morgan fingerprint density at radius 1 is 1.08 bits per heavy atom. The molecule has 4 rings (SSSR count). The fourth-order valence-corrected chi connectivity index (χ4v) is 5.34. The van der Waals surface area contributed by atoms with E-state index in [-0.39, 0.29) is 24.2 Å². The Morgan fingerprint density at radius 2 is 1.81 bits per heavy atom. The van der Waals surface area contributed by atoms with Gasteiger partial charge in [-0.15, -0.1) is 0 Å². The monoisotopic (exact) mass is 390 g/mol. The van der Waals surface area contributed by atoms with E-state index in [9.17, 15) is 13.2 Å². The van der Waals surface area contributed by atoms with Gasteiger partial charge in [-0.25, -0.2) is 8.42 Å². The van der Waals surface area contributed by atoms with Crippen LogP contribution in [0.5, 0.6) is 0 Å². The Kier molecular flexibility index (Phi) is 4.50. The van der Waals surface area contributed by atoms with Crippen LogP contribution < -0.4 is 0 Å². The summed E-state index contributed by atoms with van der Waals surface area (Å²) in [7, 11) is -3.59. The zero-order chi connectivity index (χ0) is 18.3. The van der Waals surface area contributed by atoms with Crippen molar-refractivity contribution < 1.29 is 13.2 Å². The van der Waals surface area contributed by atoms with E-state index in [4.69, 9.17) is 11.6 Å². The molecule has 2 aliphatic rings. The third-order valence-corrected chi connectivity index (χ3v) is 7.09. The minimum Gasteiger partial charge on any atom is -0.333 e. The first kappa shape index (κ1) is 17.5. The van der Waals surface area contributed by atoms with Crippen LogP contribution in [0.1, 0.15) is 22.7 Å². The van der Waals surface area contributed by atoms with Gasteiger partial charge in [0.25, 0.3) is 0 Å². The van der Waals surface area contributed by atoms with E-state index < -0.39 is 10.0 Å². The Hall–Kier alpha value is -1.89. The molecule has 1 amide bonds. The molecule has 1 atom stereocenters. The van der Waals surface area contributed by atoms with Crippen LogP contribution in [-0.2, 0) is 27.0 Å². The molecule has 5 nitrogen and oxygen atoms in total. The van der Waals surface area contributed by atoms with Crippen LogP contribution in [0.3, 0.4) is 0 Å². The molecule has 136 valence electrons. The summed E-state index contributed by atoms with van der Waals surface area (Å²) in [6.45, 7) is 0.860. The quantitative estimate of drug-likeness (QED) is 0.809. The molecular formula is C19H19ClN2O3S. The maximum atomic E-state index is 12.9. The van der Waals surface area contributed by atoms with E-state index in [0.717, 1.165) is 12.0 Å². The first-order valence-electron chi connectivity index (χ1n) is 8.53. The fraction of sp³-hybridized carbons (Fsp3) is 0.316. The molecule has 0 aromatic heterocycles. The van der Waals surface area contributed by atoms with Gasteiger partial charge in [-0.05, 0) is 35.2 Å². The average Bonchev–Trinajstić information content (AvgIpc) is 2.63. The van der Waals surface area contributed by atoms with Gasteiger partial charge >= 0.3 is 0 Å². The predicted molar refractivity (Wildman–Crippen MR) is 100 cm³/mol. The van der Waals surface area contributed by atoms with Crippen LogP contribution in [0, 0.1) is 0 Å². The fourth-order valence-electron chi connectivity index (χ4n) is 3.74. The number of sulfonamides is 1. The molecule has 7 heteroatoms. The molecular weight excluding hydrogens is 372 g/mol. The normalized spacial score (nSPS) is 20.6. The molecule has 0 radical (unpaired) electrons. The lowest BCUT2D eigenvalue weighted by atomic mass is 9.91. The highest BCUT2D eigenvalue weighted by molar-refractivity contribution is 7.88. The molecule has 2 heterocycles. The topological polar surface area (TPSA) is 57.7 Å². The van der Waals surface area contributed by atoms with Gasteiger partial charge in [0.15, 0.2) is 0 Å². The van der Waals surface area contributed by atoms with Crippen LogP contribution in [0.2, 0.25) is 5.02 Å². The predicted octanol–water partition coefficient (Wildman–Crippen LogP) is 2.61. The van der Waals surface area contributed by atoms with Gasteiger partial charge in [0.1, 0.15) is 0 Å². The average molecular weight is 391 g/mol. The number of nitrogens with zero attached hydrogens (tertiary/aromatic N) is 2. The molecule has 0 aliphatic carbocycles. The second kappa shape index (κ2) is 6.68. The van der Waals surface area contributed by atoms with Gasteiger partial charge in [0, 0.05) is 18.1 Å². The van der Waals surface area contributed by atoms with Crippen LogP contribution >= 0.6 is 11.6 Å². The van der Waals surface area contributed by atoms with Crippen LogP contribution in [0.15, 0.2) is 48.5 Å². The van der Waals surface area contributed by atoms with E-state index in [1.807, 2.05) is 23.1 Å². The molecule has 1 saturated heterocycles. The number of amides is 1. The highest BCUT2D eigenvalue weighted by Gasteiger charge is 2.40. The van der Waals surface area contributed by atoms with Crippen molar-refractivity contribution in [3.05, 3.63) is 70.2 Å². The van der Waals surface area contributed by atoms with Crippen LogP contribution in [0.25, 0.3) is 0 Å². The van der Waals surface area contributed by atoms with E-state index in [2.05, 4.69) is 6.07 Å². The van der Waals surface area contributed by atoms with Gasteiger partial charge in [-0.1, -0.05) is 48.0 Å². The third-order valence-electron chi connectivity index (χ3n) is 5.08. The number of halogens is 1.